The Kier molecular flexibility index (Phi) is 4.61. The lowest BCUT2D eigenvalue weighted by atomic mass is 10.2. The molecular formula is C12H20N2O4. The van der Waals surface area contributed by atoms with Crippen LogP contribution < -0.4 is 5.73 Å². The van der Waals surface area contributed by atoms with Crippen LogP contribution in [0.4, 0.5) is 4.79 Å². The topological polar surface area (TPSA) is 88.3 Å². The van der Waals surface area contributed by atoms with Crippen molar-refractivity contribution in [3.8, 4) is 0 Å². The van der Waals surface area contributed by atoms with Gasteiger partial charge in [0.15, 0.2) is 6.23 Å². The second kappa shape index (κ2) is 5.77. The molecule has 1 aliphatic heterocycles. The van der Waals surface area contributed by atoms with Crippen molar-refractivity contribution in [3.05, 3.63) is 23.1 Å². The zero-order valence-electron chi connectivity index (χ0n) is 11.1. The molecular weight excluding hydrogens is 236 g/mol. The number of carbonyl (C=O) groups is 1. The fourth-order valence-electron chi connectivity index (χ4n) is 1.64. The summed E-state index contributed by atoms with van der Waals surface area (Å²) in [6.07, 6.45) is 1.05. The average Bonchev–Trinajstić information content (AvgIpc) is 2.99. The smallest absolute Gasteiger partial charge is 0.404 e. The van der Waals surface area contributed by atoms with Gasteiger partial charge >= 0.3 is 6.09 Å². The molecule has 6 heteroatoms. The van der Waals surface area contributed by atoms with E-state index >= 15 is 0 Å². The summed E-state index contributed by atoms with van der Waals surface area (Å²) in [6.45, 7) is 5.44. The molecule has 6 nitrogen and oxygen atoms in total. The van der Waals surface area contributed by atoms with Crippen molar-refractivity contribution in [1.82, 2.24) is 4.90 Å². The standard InChI is InChI=1S/C12H20N2O4/c1-7(6-17-12(13)16)5-10(8(2)15)14(4)11-9(3)18-11/h5,9,11,15H,6H2,1-4H3,(H2,13,16)/b7-5+,10-8-. The number of aliphatic hydroxyl groups excluding tert-OH is 1. The number of likely N-dealkylation sites (N-methyl/N-ethyl adjacent to an activating group) is 1. The van der Waals surface area contributed by atoms with E-state index in [-0.39, 0.29) is 24.7 Å². The maximum absolute atomic E-state index is 10.5. The largest absolute Gasteiger partial charge is 0.510 e. The number of aliphatic hydroxyl groups is 1. The van der Waals surface area contributed by atoms with Crippen LogP contribution in [0.5, 0.6) is 0 Å². The van der Waals surface area contributed by atoms with Gasteiger partial charge in [-0.25, -0.2) is 4.79 Å². The van der Waals surface area contributed by atoms with Crippen molar-refractivity contribution < 1.29 is 19.4 Å². The summed E-state index contributed by atoms with van der Waals surface area (Å²) in [5, 5.41) is 9.68. The predicted octanol–water partition coefficient (Wildman–Crippen LogP) is 1.49. The minimum Gasteiger partial charge on any atom is -0.510 e. The molecule has 18 heavy (non-hydrogen) atoms. The van der Waals surface area contributed by atoms with E-state index in [4.69, 9.17) is 10.5 Å². The van der Waals surface area contributed by atoms with Gasteiger partial charge in [0, 0.05) is 7.05 Å². The third-order valence-corrected chi connectivity index (χ3v) is 2.64. The zero-order valence-corrected chi connectivity index (χ0v) is 11.1. The highest BCUT2D eigenvalue weighted by atomic mass is 16.6. The van der Waals surface area contributed by atoms with Crippen molar-refractivity contribution in [2.24, 2.45) is 5.73 Å². The first-order valence-corrected chi connectivity index (χ1v) is 5.70. The quantitative estimate of drug-likeness (QED) is 0.442. The van der Waals surface area contributed by atoms with Crippen molar-refractivity contribution >= 4 is 6.09 Å². The number of primary amides is 1. The lowest BCUT2D eigenvalue weighted by Gasteiger charge is -2.19. The first-order chi connectivity index (χ1) is 8.32. The Morgan fingerprint density at radius 3 is 2.50 bits per heavy atom. The van der Waals surface area contributed by atoms with Gasteiger partial charge in [-0.2, -0.15) is 0 Å². The fraction of sp³-hybridized carbons (Fsp3) is 0.583. The highest BCUT2D eigenvalue weighted by Crippen LogP contribution is 2.28. The van der Waals surface area contributed by atoms with Gasteiger partial charge in [0.1, 0.15) is 18.5 Å². The molecule has 0 spiro atoms. The zero-order chi connectivity index (χ0) is 13.9. The van der Waals surface area contributed by atoms with Crippen LogP contribution in [-0.2, 0) is 9.47 Å². The maximum Gasteiger partial charge on any atom is 0.404 e. The molecule has 2 unspecified atom stereocenters. The van der Waals surface area contributed by atoms with Crippen LogP contribution >= 0.6 is 0 Å². The Balaban J connectivity index is 2.72. The first-order valence-electron chi connectivity index (χ1n) is 5.70. The summed E-state index contributed by atoms with van der Waals surface area (Å²) in [4.78, 5) is 12.3. The van der Waals surface area contributed by atoms with Gasteiger partial charge in [-0.15, -0.1) is 0 Å². The van der Waals surface area contributed by atoms with Crippen molar-refractivity contribution in [3.63, 3.8) is 0 Å². The second-order valence-electron chi connectivity index (χ2n) is 4.41. The minimum atomic E-state index is -0.818. The van der Waals surface area contributed by atoms with Crippen LogP contribution in [-0.4, -0.2) is 42.1 Å². The number of allylic oxidation sites excluding steroid dienone is 2. The number of ether oxygens (including phenoxy) is 2. The molecule has 1 rings (SSSR count). The van der Waals surface area contributed by atoms with Crippen LogP contribution in [0.2, 0.25) is 0 Å². The van der Waals surface area contributed by atoms with Crippen LogP contribution in [0, 0.1) is 0 Å². The third-order valence-electron chi connectivity index (χ3n) is 2.64. The van der Waals surface area contributed by atoms with Gasteiger partial charge in [0.05, 0.1) is 5.70 Å². The highest BCUT2D eigenvalue weighted by molar-refractivity contribution is 5.64. The van der Waals surface area contributed by atoms with Gasteiger partial charge in [-0.1, -0.05) is 0 Å². The molecule has 1 heterocycles. The fourth-order valence-corrected chi connectivity index (χ4v) is 1.64. The summed E-state index contributed by atoms with van der Waals surface area (Å²) in [7, 11) is 1.84. The summed E-state index contributed by atoms with van der Waals surface area (Å²) in [6, 6.07) is 0. The number of hydrogen-bond donors (Lipinski definition) is 2. The number of epoxide rings is 1. The Morgan fingerprint density at radius 2 is 2.11 bits per heavy atom. The highest BCUT2D eigenvalue weighted by Gasteiger charge is 2.39. The Labute approximate surface area is 107 Å². The van der Waals surface area contributed by atoms with E-state index in [9.17, 15) is 9.90 Å². The van der Waals surface area contributed by atoms with E-state index < -0.39 is 6.09 Å². The molecule has 1 fully saturated rings. The monoisotopic (exact) mass is 256 g/mol. The summed E-state index contributed by atoms with van der Waals surface area (Å²) in [5.74, 6) is 0.179. The number of nitrogens with two attached hydrogens (primary N) is 1. The van der Waals surface area contributed by atoms with Gasteiger partial charge in [-0.05, 0) is 32.4 Å². The molecule has 0 aromatic carbocycles. The van der Waals surface area contributed by atoms with E-state index in [1.807, 2.05) is 18.9 Å². The number of carbonyl (C=O) groups excluding carboxylic acids is 1. The number of amides is 1. The lowest BCUT2D eigenvalue weighted by Crippen LogP contribution is -2.23. The third kappa shape index (κ3) is 3.96. The molecule has 1 saturated heterocycles. The first kappa shape index (κ1) is 14.4. The van der Waals surface area contributed by atoms with Crippen LogP contribution in [0.15, 0.2) is 23.1 Å². The number of rotatable bonds is 5. The molecule has 0 bridgehead atoms. The van der Waals surface area contributed by atoms with Gasteiger partial charge in [0.25, 0.3) is 0 Å². The van der Waals surface area contributed by atoms with Crippen LogP contribution in [0.3, 0.4) is 0 Å². The normalized spacial score (nSPS) is 24.3. The molecule has 102 valence electrons. The minimum absolute atomic E-state index is 0.0248. The molecule has 1 aliphatic rings. The molecule has 3 N–H and O–H groups in total. The molecule has 0 aromatic heterocycles. The second-order valence-corrected chi connectivity index (χ2v) is 4.41. The molecule has 0 radical (unpaired) electrons. The van der Waals surface area contributed by atoms with Gasteiger partial charge in [0.2, 0.25) is 0 Å². The predicted molar refractivity (Wildman–Crippen MR) is 66.7 cm³/mol. The molecule has 0 aromatic rings. The van der Waals surface area contributed by atoms with E-state index in [0.717, 1.165) is 5.57 Å². The van der Waals surface area contributed by atoms with E-state index in [1.165, 1.54) is 0 Å². The molecule has 0 aliphatic carbocycles. The summed E-state index contributed by atoms with van der Waals surface area (Å²) < 4.78 is 10.0. The van der Waals surface area contributed by atoms with Crippen LogP contribution in [0.25, 0.3) is 0 Å². The Morgan fingerprint density at radius 1 is 1.56 bits per heavy atom. The molecule has 2 atom stereocenters. The maximum atomic E-state index is 10.5. The van der Waals surface area contributed by atoms with Gasteiger partial charge in [-0.3, -0.25) is 0 Å². The summed E-state index contributed by atoms with van der Waals surface area (Å²) in [5.41, 5.74) is 6.30. The van der Waals surface area contributed by atoms with Crippen LogP contribution in [0.1, 0.15) is 20.8 Å². The Bertz CT molecular complexity index is 386. The van der Waals surface area contributed by atoms with Gasteiger partial charge < -0.3 is 25.2 Å². The lowest BCUT2D eigenvalue weighted by molar-refractivity contribution is 0.166. The van der Waals surface area contributed by atoms with E-state index in [2.05, 4.69) is 4.74 Å². The number of nitrogens with zero attached hydrogens (tertiary/aromatic N) is 1. The van der Waals surface area contributed by atoms with E-state index in [0.29, 0.717) is 5.70 Å². The SMILES string of the molecule is C/C(O)=C(\C=C(/C)COC(N)=O)N(C)C1OC1C. The van der Waals surface area contributed by atoms with Crippen molar-refractivity contribution in [2.45, 2.75) is 33.1 Å². The summed E-state index contributed by atoms with van der Waals surface area (Å²) >= 11 is 0. The average molecular weight is 256 g/mol. The Hall–Kier alpha value is -1.69. The van der Waals surface area contributed by atoms with Crippen molar-refractivity contribution in [1.29, 1.82) is 0 Å². The van der Waals surface area contributed by atoms with E-state index in [1.54, 1.807) is 19.9 Å². The molecule has 0 saturated carbocycles. The van der Waals surface area contributed by atoms with Crippen molar-refractivity contribution in [2.75, 3.05) is 13.7 Å². The molecule has 1 amide bonds. The number of hydrogen-bond acceptors (Lipinski definition) is 5.